The number of aliphatic hydroxyl groups excluding tert-OH is 1. The number of pyridine rings is 1. The number of nitrogens with one attached hydrogen (secondary N) is 1. The van der Waals surface area contributed by atoms with Gasteiger partial charge < -0.3 is 10.4 Å². The molecular formula is C17H20N2O2. The molecule has 4 heteroatoms. The largest absolute Gasteiger partial charge is 0.396 e. The molecule has 0 aliphatic heterocycles. The molecule has 2 atom stereocenters. The van der Waals surface area contributed by atoms with E-state index >= 15 is 0 Å². The van der Waals surface area contributed by atoms with Gasteiger partial charge in [0.15, 0.2) is 0 Å². The number of aromatic nitrogens is 1. The molecule has 0 radical (unpaired) electrons. The molecule has 1 saturated carbocycles. The van der Waals surface area contributed by atoms with Gasteiger partial charge in [-0.25, -0.2) is 0 Å². The van der Waals surface area contributed by atoms with Gasteiger partial charge in [-0.15, -0.1) is 0 Å². The van der Waals surface area contributed by atoms with Gasteiger partial charge in [-0.1, -0.05) is 31.0 Å². The molecule has 1 aromatic carbocycles. The Morgan fingerprint density at radius 3 is 2.90 bits per heavy atom. The molecule has 3 rings (SSSR count). The van der Waals surface area contributed by atoms with Crippen LogP contribution in [0.3, 0.4) is 0 Å². The second kappa shape index (κ2) is 6.22. The molecule has 1 aliphatic carbocycles. The molecule has 2 aromatic rings. The molecule has 2 unspecified atom stereocenters. The van der Waals surface area contributed by atoms with Crippen molar-refractivity contribution in [3.05, 3.63) is 42.1 Å². The summed E-state index contributed by atoms with van der Waals surface area (Å²) in [7, 11) is 0. The van der Waals surface area contributed by atoms with Gasteiger partial charge in [-0.3, -0.25) is 9.78 Å². The highest BCUT2D eigenvalue weighted by molar-refractivity contribution is 6.05. The summed E-state index contributed by atoms with van der Waals surface area (Å²) in [5, 5.41) is 13.5. The standard InChI is InChI=1S/C17H20N2O2/c20-11-13-5-1-2-9-15(13)19-17(21)14-8-3-6-12-7-4-10-18-16(12)14/h3-4,6-8,10,13,15,20H,1-2,5,9,11H2,(H,19,21). The number of aliphatic hydroxyl groups is 1. The number of hydrogen-bond acceptors (Lipinski definition) is 3. The Labute approximate surface area is 124 Å². The highest BCUT2D eigenvalue weighted by Gasteiger charge is 2.26. The van der Waals surface area contributed by atoms with E-state index in [2.05, 4.69) is 10.3 Å². The fourth-order valence-corrected chi connectivity index (χ4v) is 3.15. The SMILES string of the molecule is O=C(NC1CCCCC1CO)c1cccc2cccnc12. The number of fused-ring (bicyclic) bond motifs is 1. The monoisotopic (exact) mass is 284 g/mol. The zero-order valence-electron chi connectivity index (χ0n) is 12.0. The summed E-state index contributed by atoms with van der Waals surface area (Å²) < 4.78 is 0. The fourth-order valence-electron chi connectivity index (χ4n) is 3.15. The van der Waals surface area contributed by atoms with Gasteiger partial charge in [0.05, 0.1) is 11.1 Å². The van der Waals surface area contributed by atoms with E-state index < -0.39 is 0 Å². The van der Waals surface area contributed by atoms with Crippen LogP contribution in [0.5, 0.6) is 0 Å². The van der Waals surface area contributed by atoms with Gasteiger partial charge in [0.25, 0.3) is 5.91 Å². The Bertz CT molecular complexity index is 636. The first-order chi connectivity index (χ1) is 10.3. The molecular weight excluding hydrogens is 264 g/mol. The van der Waals surface area contributed by atoms with Gasteiger partial charge >= 0.3 is 0 Å². The summed E-state index contributed by atoms with van der Waals surface area (Å²) in [4.78, 5) is 16.9. The van der Waals surface area contributed by atoms with Crippen molar-refractivity contribution in [1.82, 2.24) is 10.3 Å². The molecule has 0 saturated heterocycles. The van der Waals surface area contributed by atoms with Crippen LogP contribution in [0, 0.1) is 5.92 Å². The number of rotatable bonds is 3. The maximum atomic E-state index is 12.6. The van der Waals surface area contributed by atoms with Crippen LogP contribution in [-0.4, -0.2) is 28.6 Å². The minimum atomic E-state index is -0.0929. The molecule has 1 amide bonds. The molecule has 0 spiro atoms. The van der Waals surface area contributed by atoms with Crippen molar-refractivity contribution < 1.29 is 9.90 Å². The first kappa shape index (κ1) is 14.0. The van der Waals surface area contributed by atoms with E-state index in [-0.39, 0.29) is 24.5 Å². The quantitative estimate of drug-likeness (QED) is 0.910. The number of amides is 1. The third kappa shape index (κ3) is 2.90. The first-order valence-corrected chi connectivity index (χ1v) is 7.55. The van der Waals surface area contributed by atoms with Crippen molar-refractivity contribution in [1.29, 1.82) is 0 Å². The van der Waals surface area contributed by atoms with Crippen LogP contribution in [-0.2, 0) is 0 Å². The van der Waals surface area contributed by atoms with Crippen LogP contribution in [0.25, 0.3) is 10.9 Å². The zero-order valence-corrected chi connectivity index (χ0v) is 12.0. The van der Waals surface area contributed by atoms with E-state index in [9.17, 15) is 9.90 Å². The first-order valence-electron chi connectivity index (χ1n) is 7.55. The summed E-state index contributed by atoms with van der Waals surface area (Å²) in [5.41, 5.74) is 1.34. The van der Waals surface area contributed by atoms with Crippen molar-refractivity contribution in [3.8, 4) is 0 Å². The third-order valence-electron chi connectivity index (χ3n) is 4.34. The van der Waals surface area contributed by atoms with E-state index in [0.717, 1.165) is 36.6 Å². The summed E-state index contributed by atoms with van der Waals surface area (Å²) >= 11 is 0. The Balaban J connectivity index is 1.84. The zero-order chi connectivity index (χ0) is 14.7. The van der Waals surface area contributed by atoms with Crippen LogP contribution in [0.1, 0.15) is 36.0 Å². The molecule has 1 heterocycles. The number of carbonyl (C=O) groups is 1. The minimum absolute atomic E-state index is 0.0650. The average Bonchev–Trinajstić information content (AvgIpc) is 2.54. The fraction of sp³-hybridized carbons (Fsp3) is 0.412. The maximum Gasteiger partial charge on any atom is 0.253 e. The number of hydrogen-bond donors (Lipinski definition) is 2. The molecule has 0 bridgehead atoms. The number of carbonyl (C=O) groups excluding carboxylic acids is 1. The summed E-state index contributed by atoms with van der Waals surface area (Å²) in [6, 6.07) is 9.53. The highest BCUT2D eigenvalue weighted by Crippen LogP contribution is 2.25. The number of para-hydroxylation sites is 1. The van der Waals surface area contributed by atoms with E-state index in [1.54, 1.807) is 12.3 Å². The second-order valence-electron chi connectivity index (χ2n) is 5.69. The maximum absolute atomic E-state index is 12.6. The second-order valence-corrected chi connectivity index (χ2v) is 5.69. The lowest BCUT2D eigenvalue weighted by Crippen LogP contribution is -2.43. The molecule has 1 aromatic heterocycles. The van der Waals surface area contributed by atoms with Gasteiger partial charge in [-0.05, 0) is 25.0 Å². The lowest BCUT2D eigenvalue weighted by Gasteiger charge is -2.30. The predicted molar refractivity (Wildman–Crippen MR) is 82.0 cm³/mol. The van der Waals surface area contributed by atoms with Gasteiger partial charge in [0, 0.05) is 30.1 Å². The van der Waals surface area contributed by atoms with E-state index in [4.69, 9.17) is 0 Å². The Hall–Kier alpha value is -1.94. The van der Waals surface area contributed by atoms with Crippen molar-refractivity contribution in [2.75, 3.05) is 6.61 Å². The predicted octanol–water partition coefficient (Wildman–Crippen LogP) is 2.52. The Morgan fingerprint density at radius 1 is 1.24 bits per heavy atom. The normalized spacial score (nSPS) is 22.1. The van der Waals surface area contributed by atoms with Gasteiger partial charge in [0.2, 0.25) is 0 Å². The lowest BCUT2D eigenvalue weighted by atomic mass is 9.85. The van der Waals surface area contributed by atoms with Crippen LogP contribution in [0.15, 0.2) is 36.5 Å². The molecule has 1 aliphatic rings. The van der Waals surface area contributed by atoms with Gasteiger partial charge in [-0.2, -0.15) is 0 Å². The lowest BCUT2D eigenvalue weighted by molar-refractivity contribution is 0.0874. The van der Waals surface area contributed by atoms with Crippen LogP contribution < -0.4 is 5.32 Å². The molecule has 2 N–H and O–H groups in total. The number of benzene rings is 1. The van der Waals surface area contributed by atoms with Crippen molar-refractivity contribution in [2.45, 2.75) is 31.7 Å². The topological polar surface area (TPSA) is 62.2 Å². The van der Waals surface area contributed by atoms with E-state index in [1.807, 2.05) is 24.3 Å². The van der Waals surface area contributed by atoms with Gasteiger partial charge in [0.1, 0.15) is 0 Å². The molecule has 1 fully saturated rings. The van der Waals surface area contributed by atoms with Crippen molar-refractivity contribution in [2.24, 2.45) is 5.92 Å². The third-order valence-corrected chi connectivity index (χ3v) is 4.34. The molecule has 4 nitrogen and oxygen atoms in total. The molecule has 21 heavy (non-hydrogen) atoms. The highest BCUT2D eigenvalue weighted by atomic mass is 16.3. The number of nitrogens with zero attached hydrogens (tertiary/aromatic N) is 1. The summed E-state index contributed by atoms with van der Waals surface area (Å²) in [6.07, 6.45) is 5.86. The summed E-state index contributed by atoms with van der Waals surface area (Å²) in [6.45, 7) is 0.138. The Morgan fingerprint density at radius 2 is 2.05 bits per heavy atom. The average molecular weight is 284 g/mol. The minimum Gasteiger partial charge on any atom is -0.396 e. The van der Waals surface area contributed by atoms with Crippen molar-refractivity contribution >= 4 is 16.8 Å². The molecule has 110 valence electrons. The Kier molecular flexibility index (Phi) is 4.15. The smallest absolute Gasteiger partial charge is 0.253 e. The van der Waals surface area contributed by atoms with Crippen LogP contribution in [0.2, 0.25) is 0 Å². The van der Waals surface area contributed by atoms with Crippen molar-refractivity contribution in [3.63, 3.8) is 0 Å². The van der Waals surface area contributed by atoms with E-state index in [0.29, 0.717) is 5.56 Å². The summed E-state index contributed by atoms with van der Waals surface area (Å²) in [5.74, 6) is 0.0790. The van der Waals surface area contributed by atoms with Crippen LogP contribution >= 0.6 is 0 Å². The van der Waals surface area contributed by atoms with Crippen LogP contribution in [0.4, 0.5) is 0 Å². The van der Waals surface area contributed by atoms with E-state index in [1.165, 1.54) is 0 Å².